The van der Waals surface area contributed by atoms with E-state index in [-0.39, 0.29) is 6.42 Å². The number of hydrogen-bond donors (Lipinski definition) is 3. The molecule has 0 aliphatic rings. The number of aliphatic hydroxyl groups excluding tert-OH is 1. The van der Waals surface area contributed by atoms with Crippen LogP contribution >= 0.6 is 0 Å². The Morgan fingerprint density at radius 2 is 2.64 bits per heavy atom. The van der Waals surface area contributed by atoms with Gasteiger partial charge in [0.15, 0.2) is 0 Å². The molecule has 1 rings (SSSR count). The Kier molecular flexibility index (Phi) is 2.14. The first-order chi connectivity index (χ1) is 5.25. The van der Waals surface area contributed by atoms with Crippen LogP contribution in [0.4, 0.5) is 5.82 Å². The lowest BCUT2D eigenvalue weighted by Gasteiger charge is -2.03. The summed E-state index contributed by atoms with van der Waals surface area (Å²) < 4.78 is 0. The maximum absolute atomic E-state index is 9.31. The summed E-state index contributed by atoms with van der Waals surface area (Å²) in [7, 11) is 0. The number of H-pyrrole nitrogens is 1. The van der Waals surface area contributed by atoms with Crippen molar-refractivity contribution in [3.63, 3.8) is 0 Å². The highest BCUT2D eigenvalue weighted by atomic mass is 16.3. The number of nitrogens with one attached hydrogen (secondary N) is 1. The van der Waals surface area contributed by atoms with E-state index in [1.165, 1.54) is 6.20 Å². The minimum Gasteiger partial charge on any atom is -0.387 e. The molecule has 0 fully saturated rings. The number of nitrogens with two attached hydrogens (primary N) is 1. The summed E-state index contributed by atoms with van der Waals surface area (Å²) in [5.74, 6) is 2.70. The first-order valence-corrected chi connectivity index (χ1v) is 3.16. The highest BCUT2D eigenvalue weighted by Crippen LogP contribution is 2.19. The van der Waals surface area contributed by atoms with Gasteiger partial charge in [0, 0.05) is 12.0 Å². The summed E-state index contributed by atoms with van der Waals surface area (Å²) >= 11 is 0. The second-order valence-corrected chi connectivity index (χ2v) is 2.16. The number of terminal acetylenes is 1. The molecule has 11 heavy (non-hydrogen) atoms. The second-order valence-electron chi connectivity index (χ2n) is 2.16. The smallest absolute Gasteiger partial charge is 0.124 e. The fraction of sp³-hybridized carbons (Fsp3) is 0.286. The van der Waals surface area contributed by atoms with Crippen LogP contribution in [-0.2, 0) is 0 Å². The Bertz CT molecular complexity index is 273. The number of aromatic amines is 1. The molecule has 4 nitrogen and oxygen atoms in total. The predicted octanol–water partition coefficient (Wildman–Crippen LogP) is 0.0486. The van der Waals surface area contributed by atoms with E-state index in [0.717, 1.165) is 0 Å². The number of rotatable bonds is 2. The largest absolute Gasteiger partial charge is 0.387 e. The lowest BCUT2D eigenvalue weighted by Crippen LogP contribution is -1.98. The molecule has 0 saturated carbocycles. The predicted molar refractivity (Wildman–Crippen MR) is 41.4 cm³/mol. The molecule has 0 aliphatic carbocycles. The van der Waals surface area contributed by atoms with Gasteiger partial charge >= 0.3 is 0 Å². The molecule has 0 bridgehead atoms. The molecule has 1 atom stereocenters. The molecule has 4 heteroatoms. The molecule has 0 aromatic carbocycles. The Balaban J connectivity index is 2.77. The van der Waals surface area contributed by atoms with Crippen molar-refractivity contribution in [3.8, 4) is 12.3 Å². The van der Waals surface area contributed by atoms with Gasteiger partial charge in [-0.25, -0.2) is 0 Å². The SMILES string of the molecule is C#CCC(O)c1cn[nH]c1N. The van der Waals surface area contributed by atoms with Crippen LogP contribution in [0.2, 0.25) is 0 Å². The van der Waals surface area contributed by atoms with E-state index in [1.54, 1.807) is 0 Å². The molecule has 1 unspecified atom stereocenters. The Hall–Kier alpha value is -1.47. The minimum absolute atomic E-state index is 0.254. The van der Waals surface area contributed by atoms with Crippen LogP contribution in [0.25, 0.3) is 0 Å². The van der Waals surface area contributed by atoms with Crippen molar-refractivity contribution >= 4 is 5.82 Å². The third-order valence-corrected chi connectivity index (χ3v) is 1.37. The van der Waals surface area contributed by atoms with E-state index < -0.39 is 6.10 Å². The quantitative estimate of drug-likeness (QED) is 0.523. The standard InChI is InChI=1S/C7H9N3O/c1-2-3-6(11)5-4-9-10-7(5)8/h1,4,6,11H,3H2,(H3,8,9,10). The van der Waals surface area contributed by atoms with E-state index >= 15 is 0 Å². The number of nitrogen functional groups attached to an aromatic ring is 1. The fourth-order valence-electron chi connectivity index (χ4n) is 0.793. The highest BCUT2D eigenvalue weighted by molar-refractivity contribution is 5.38. The topological polar surface area (TPSA) is 74.9 Å². The van der Waals surface area contributed by atoms with Gasteiger partial charge in [-0.05, 0) is 0 Å². The van der Waals surface area contributed by atoms with Gasteiger partial charge in [0.25, 0.3) is 0 Å². The molecule has 0 amide bonds. The van der Waals surface area contributed by atoms with E-state index in [9.17, 15) is 5.11 Å². The highest BCUT2D eigenvalue weighted by Gasteiger charge is 2.10. The molecule has 1 aromatic rings. The number of nitrogens with zero attached hydrogens (tertiary/aromatic N) is 1. The maximum atomic E-state index is 9.31. The van der Waals surface area contributed by atoms with Gasteiger partial charge in [0.05, 0.1) is 12.3 Å². The van der Waals surface area contributed by atoms with Gasteiger partial charge in [-0.3, -0.25) is 5.10 Å². The van der Waals surface area contributed by atoms with Gasteiger partial charge in [-0.2, -0.15) is 5.10 Å². The van der Waals surface area contributed by atoms with Crippen LogP contribution < -0.4 is 5.73 Å². The Labute approximate surface area is 64.4 Å². The summed E-state index contributed by atoms with van der Waals surface area (Å²) in [4.78, 5) is 0. The summed E-state index contributed by atoms with van der Waals surface area (Å²) in [5.41, 5.74) is 5.98. The zero-order valence-electron chi connectivity index (χ0n) is 5.91. The van der Waals surface area contributed by atoms with Crippen molar-refractivity contribution in [1.29, 1.82) is 0 Å². The molecule has 0 saturated heterocycles. The summed E-state index contributed by atoms with van der Waals surface area (Å²) in [6.45, 7) is 0. The molecule has 0 aliphatic heterocycles. The van der Waals surface area contributed by atoms with Gasteiger partial charge in [-0.15, -0.1) is 12.3 Å². The van der Waals surface area contributed by atoms with Gasteiger partial charge < -0.3 is 10.8 Å². The number of anilines is 1. The van der Waals surface area contributed by atoms with Crippen molar-refractivity contribution in [2.45, 2.75) is 12.5 Å². The molecular weight excluding hydrogens is 142 g/mol. The fourth-order valence-corrected chi connectivity index (χ4v) is 0.793. The van der Waals surface area contributed by atoms with Crippen molar-refractivity contribution in [2.24, 2.45) is 0 Å². The van der Waals surface area contributed by atoms with E-state index in [1.807, 2.05) is 0 Å². The summed E-state index contributed by atoms with van der Waals surface area (Å²) in [6.07, 6.45) is 6.02. The normalized spacial score (nSPS) is 12.4. The third-order valence-electron chi connectivity index (χ3n) is 1.37. The molecular formula is C7H9N3O. The van der Waals surface area contributed by atoms with Gasteiger partial charge in [-0.1, -0.05) is 0 Å². The van der Waals surface area contributed by atoms with Crippen molar-refractivity contribution < 1.29 is 5.11 Å². The summed E-state index contributed by atoms with van der Waals surface area (Å²) in [6, 6.07) is 0. The third kappa shape index (κ3) is 1.51. The average molecular weight is 151 g/mol. The maximum Gasteiger partial charge on any atom is 0.124 e. The zero-order chi connectivity index (χ0) is 8.27. The van der Waals surface area contributed by atoms with Crippen LogP contribution in [0, 0.1) is 12.3 Å². The minimum atomic E-state index is -0.709. The summed E-state index contributed by atoms with van der Waals surface area (Å²) in [5, 5.41) is 15.5. The van der Waals surface area contributed by atoms with Crippen LogP contribution in [0.3, 0.4) is 0 Å². The van der Waals surface area contributed by atoms with Crippen molar-refractivity contribution in [3.05, 3.63) is 11.8 Å². The van der Waals surface area contributed by atoms with E-state index in [4.69, 9.17) is 12.2 Å². The first kappa shape index (κ1) is 7.63. The molecule has 0 radical (unpaired) electrons. The monoisotopic (exact) mass is 151 g/mol. The zero-order valence-corrected chi connectivity index (χ0v) is 5.91. The van der Waals surface area contributed by atoms with Crippen LogP contribution in [0.15, 0.2) is 6.20 Å². The van der Waals surface area contributed by atoms with Crippen LogP contribution in [-0.4, -0.2) is 15.3 Å². The Morgan fingerprint density at radius 3 is 3.09 bits per heavy atom. The molecule has 0 spiro atoms. The average Bonchev–Trinajstić information content (AvgIpc) is 2.36. The van der Waals surface area contributed by atoms with E-state index in [2.05, 4.69) is 16.1 Å². The molecule has 4 N–H and O–H groups in total. The molecule has 1 heterocycles. The number of aliphatic hydroxyl groups is 1. The Morgan fingerprint density at radius 1 is 1.91 bits per heavy atom. The van der Waals surface area contributed by atoms with Crippen LogP contribution in [0.1, 0.15) is 18.1 Å². The second kappa shape index (κ2) is 3.08. The number of aromatic nitrogens is 2. The van der Waals surface area contributed by atoms with Crippen molar-refractivity contribution in [2.75, 3.05) is 5.73 Å². The molecule has 1 aromatic heterocycles. The first-order valence-electron chi connectivity index (χ1n) is 3.16. The van der Waals surface area contributed by atoms with Crippen molar-refractivity contribution in [1.82, 2.24) is 10.2 Å². The van der Waals surface area contributed by atoms with Gasteiger partial charge in [0.1, 0.15) is 5.82 Å². The molecule has 58 valence electrons. The lowest BCUT2D eigenvalue weighted by atomic mass is 10.1. The number of hydrogen-bond acceptors (Lipinski definition) is 3. The van der Waals surface area contributed by atoms with Crippen LogP contribution in [0.5, 0.6) is 0 Å². The van der Waals surface area contributed by atoms with Gasteiger partial charge in [0.2, 0.25) is 0 Å². The lowest BCUT2D eigenvalue weighted by molar-refractivity contribution is 0.185. The van der Waals surface area contributed by atoms with E-state index in [0.29, 0.717) is 11.4 Å².